The highest BCUT2D eigenvalue weighted by Crippen LogP contribution is 2.45. The lowest BCUT2D eigenvalue weighted by Crippen LogP contribution is -2.13. The lowest BCUT2D eigenvalue weighted by Gasteiger charge is -2.14. The number of methoxy groups -OCH3 is 3. The molecule has 0 unspecified atom stereocenters. The lowest BCUT2D eigenvalue weighted by atomic mass is 10.0. The Morgan fingerprint density at radius 2 is 1.65 bits per heavy atom. The molecular formula is C18H17NO4. The summed E-state index contributed by atoms with van der Waals surface area (Å²) in [6, 6.07) is 11.5. The summed E-state index contributed by atoms with van der Waals surface area (Å²) in [5, 5.41) is 2.88. The summed E-state index contributed by atoms with van der Waals surface area (Å²) < 4.78 is 16.1. The van der Waals surface area contributed by atoms with Gasteiger partial charge in [0.15, 0.2) is 11.5 Å². The molecule has 2 aromatic carbocycles. The maximum atomic E-state index is 12.4. The van der Waals surface area contributed by atoms with E-state index in [9.17, 15) is 4.79 Å². The van der Waals surface area contributed by atoms with Gasteiger partial charge in [0.1, 0.15) is 0 Å². The van der Waals surface area contributed by atoms with Crippen LogP contribution in [0.15, 0.2) is 36.4 Å². The van der Waals surface area contributed by atoms with Gasteiger partial charge in [-0.2, -0.15) is 0 Å². The molecular weight excluding hydrogens is 294 g/mol. The van der Waals surface area contributed by atoms with E-state index in [2.05, 4.69) is 5.32 Å². The fourth-order valence-corrected chi connectivity index (χ4v) is 2.68. The Hall–Kier alpha value is -2.95. The summed E-state index contributed by atoms with van der Waals surface area (Å²) in [6.45, 7) is 0. The molecule has 0 fully saturated rings. The molecule has 0 saturated heterocycles. The topological polar surface area (TPSA) is 56.8 Å². The third kappa shape index (κ3) is 2.50. The van der Waals surface area contributed by atoms with Gasteiger partial charge in [-0.1, -0.05) is 30.3 Å². The van der Waals surface area contributed by atoms with Crippen LogP contribution < -0.4 is 19.5 Å². The van der Waals surface area contributed by atoms with E-state index in [1.165, 1.54) is 14.2 Å². The van der Waals surface area contributed by atoms with Gasteiger partial charge in [-0.05, 0) is 17.7 Å². The first-order chi connectivity index (χ1) is 11.2. The predicted molar refractivity (Wildman–Crippen MR) is 87.9 cm³/mol. The minimum atomic E-state index is -0.222. The molecule has 1 aliphatic rings. The summed E-state index contributed by atoms with van der Waals surface area (Å²) in [5.41, 5.74) is 2.88. The van der Waals surface area contributed by atoms with Crippen molar-refractivity contribution in [2.75, 3.05) is 21.3 Å². The summed E-state index contributed by atoms with van der Waals surface area (Å²) in [5.74, 6) is 1.07. The standard InChI is InChI=1S/C18H17NO4/c1-21-14-10-12-13(9-11-7-5-4-6-8-11)19-18(20)15(12)17(23-3)16(14)22-2/h4-10H,1-3H3,(H,19,20)/b13-9-. The number of hydrogen-bond acceptors (Lipinski definition) is 4. The van der Waals surface area contributed by atoms with Crippen LogP contribution in [0.3, 0.4) is 0 Å². The molecule has 0 atom stereocenters. The first-order valence-corrected chi connectivity index (χ1v) is 7.11. The van der Waals surface area contributed by atoms with Gasteiger partial charge in [0.25, 0.3) is 5.91 Å². The SMILES string of the molecule is COc1cc2c(c(OC)c1OC)C(=O)N/C2=C\c1ccccc1. The molecule has 23 heavy (non-hydrogen) atoms. The normalized spacial score (nSPS) is 14.4. The Morgan fingerprint density at radius 1 is 0.957 bits per heavy atom. The summed E-state index contributed by atoms with van der Waals surface area (Å²) in [4.78, 5) is 12.4. The molecule has 2 aromatic rings. The van der Waals surface area contributed by atoms with E-state index in [0.29, 0.717) is 28.5 Å². The Balaban J connectivity index is 2.21. The first-order valence-electron chi connectivity index (χ1n) is 7.11. The number of carbonyl (C=O) groups is 1. The Kier molecular flexibility index (Phi) is 3.93. The van der Waals surface area contributed by atoms with Crippen molar-refractivity contribution in [2.45, 2.75) is 0 Å². The molecule has 118 valence electrons. The van der Waals surface area contributed by atoms with E-state index in [1.807, 2.05) is 36.4 Å². The van der Waals surface area contributed by atoms with E-state index < -0.39 is 0 Å². The molecule has 0 bridgehead atoms. The van der Waals surface area contributed by atoms with Crippen molar-refractivity contribution in [3.05, 3.63) is 53.1 Å². The van der Waals surface area contributed by atoms with Crippen molar-refractivity contribution in [1.82, 2.24) is 5.32 Å². The van der Waals surface area contributed by atoms with Crippen molar-refractivity contribution in [2.24, 2.45) is 0 Å². The molecule has 0 spiro atoms. The van der Waals surface area contributed by atoms with E-state index in [4.69, 9.17) is 14.2 Å². The van der Waals surface area contributed by atoms with Crippen LogP contribution in [0.5, 0.6) is 17.2 Å². The molecule has 0 aliphatic carbocycles. The van der Waals surface area contributed by atoms with Gasteiger partial charge in [-0.15, -0.1) is 0 Å². The molecule has 0 aromatic heterocycles. The number of ether oxygens (including phenoxy) is 3. The Labute approximate surface area is 134 Å². The second-order valence-electron chi connectivity index (χ2n) is 4.99. The van der Waals surface area contributed by atoms with Crippen LogP contribution in [0.1, 0.15) is 21.5 Å². The fourth-order valence-electron chi connectivity index (χ4n) is 2.68. The van der Waals surface area contributed by atoms with E-state index >= 15 is 0 Å². The summed E-state index contributed by atoms with van der Waals surface area (Å²) in [6.07, 6.45) is 1.91. The zero-order chi connectivity index (χ0) is 16.4. The highest BCUT2D eigenvalue weighted by atomic mass is 16.5. The highest BCUT2D eigenvalue weighted by molar-refractivity contribution is 6.14. The first kappa shape index (κ1) is 15.0. The zero-order valence-electron chi connectivity index (χ0n) is 13.2. The highest BCUT2D eigenvalue weighted by Gasteiger charge is 2.32. The summed E-state index contributed by atoms with van der Waals surface area (Å²) >= 11 is 0. The third-order valence-corrected chi connectivity index (χ3v) is 3.71. The van der Waals surface area contributed by atoms with Crippen LogP contribution in [-0.4, -0.2) is 27.2 Å². The van der Waals surface area contributed by atoms with Crippen molar-refractivity contribution < 1.29 is 19.0 Å². The van der Waals surface area contributed by atoms with Crippen molar-refractivity contribution >= 4 is 17.7 Å². The van der Waals surface area contributed by atoms with Gasteiger partial charge in [-0.25, -0.2) is 0 Å². The van der Waals surface area contributed by atoms with E-state index in [1.54, 1.807) is 13.2 Å². The van der Waals surface area contributed by atoms with Crippen LogP contribution in [0.25, 0.3) is 11.8 Å². The monoisotopic (exact) mass is 311 g/mol. The number of nitrogens with one attached hydrogen (secondary N) is 1. The molecule has 3 rings (SSSR count). The minimum absolute atomic E-state index is 0.222. The van der Waals surface area contributed by atoms with Gasteiger partial charge in [-0.3, -0.25) is 4.79 Å². The minimum Gasteiger partial charge on any atom is -0.493 e. The number of rotatable bonds is 4. The Bertz CT molecular complexity index is 781. The average Bonchev–Trinajstić information content (AvgIpc) is 2.89. The van der Waals surface area contributed by atoms with Gasteiger partial charge >= 0.3 is 0 Å². The molecule has 1 heterocycles. The smallest absolute Gasteiger partial charge is 0.260 e. The number of carbonyl (C=O) groups excluding carboxylic acids is 1. The molecule has 5 nitrogen and oxygen atoms in total. The quantitative estimate of drug-likeness (QED) is 0.943. The second kappa shape index (κ2) is 6.04. The number of hydrogen-bond donors (Lipinski definition) is 1. The molecule has 1 aliphatic heterocycles. The van der Waals surface area contributed by atoms with Crippen LogP contribution in [0, 0.1) is 0 Å². The van der Waals surface area contributed by atoms with Crippen molar-refractivity contribution in [1.29, 1.82) is 0 Å². The van der Waals surface area contributed by atoms with Crippen molar-refractivity contribution in [3.63, 3.8) is 0 Å². The maximum Gasteiger partial charge on any atom is 0.260 e. The molecule has 0 radical (unpaired) electrons. The van der Waals surface area contributed by atoms with Crippen molar-refractivity contribution in [3.8, 4) is 17.2 Å². The van der Waals surface area contributed by atoms with Gasteiger partial charge in [0, 0.05) is 11.3 Å². The number of fused-ring (bicyclic) bond motifs is 1. The van der Waals surface area contributed by atoms with Gasteiger partial charge in [0.2, 0.25) is 5.75 Å². The fraction of sp³-hybridized carbons (Fsp3) is 0.167. The average molecular weight is 311 g/mol. The second-order valence-corrected chi connectivity index (χ2v) is 4.99. The predicted octanol–water partition coefficient (Wildman–Crippen LogP) is 2.95. The van der Waals surface area contributed by atoms with Gasteiger partial charge in [0.05, 0.1) is 26.9 Å². The van der Waals surface area contributed by atoms with E-state index in [0.717, 1.165) is 11.1 Å². The zero-order valence-corrected chi connectivity index (χ0v) is 13.2. The Morgan fingerprint density at radius 3 is 2.26 bits per heavy atom. The van der Waals surface area contributed by atoms with Gasteiger partial charge < -0.3 is 19.5 Å². The molecule has 1 amide bonds. The van der Waals surface area contributed by atoms with Crippen LogP contribution in [0.4, 0.5) is 0 Å². The molecule has 0 saturated carbocycles. The maximum absolute atomic E-state index is 12.4. The lowest BCUT2D eigenvalue weighted by molar-refractivity contribution is 0.0977. The molecule has 1 N–H and O–H groups in total. The number of benzene rings is 2. The van der Waals surface area contributed by atoms with E-state index in [-0.39, 0.29) is 5.91 Å². The third-order valence-electron chi connectivity index (χ3n) is 3.71. The number of amides is 1. The van der Waals surface area contributed by atoms with Crippen LogP contribution >= 0.6 is 0 Å². The van der Waals surface area contributed by atoms with Crippen LogP contribution in [-0.2, 0) is 0 Å². The largest absolute Gasteiger partial charge is 0.493 e. The van der Waals surface area contributed by atoms with Crippen LogP contribution in [0.2, 0.25) is 0 Å². The molecule has 5 heteroatoms. The summed E-state index contributed by atoms with van der Waals surface area (Å²) in [7, 11) is 4.57.